The minimum Gasteiger partial charge on any atom is -0.392 e. The molecule has 0 aromatic rings. The van der Waals surface area contributed by atoms with E-state index in [9.17, 15) is 5.11 Å². The monoisotopic (exact) mass is 263 g/mol. The van der Waals surface area contributed by atoms with Crippen molar-refractivity contribution in [2.24, 2.45) is 5.73 Å². The van der Waals surface area contributed by atoms with Crippen LogP contribution in [-0.4, -0.2) is 29.5 Å². The van der Waals surface area contributed by atoms with E-state index < -0.39 is 6.10 Å². The fourth-order valence-electron chi connectivity index (χ4n) is 1.42. The largest absolute Gasteiger partial charge is 0.392 e. The van der Waals surface area contributed by atoms with Crippen LogP contribution in [0, 0.1) is 0 Å². The first kappa shape index (κ1) is 17.6. The molecule has 3 nitrogen and oxygen atoms in total. The second-order valence-electron chi connectivity index (χ2n) is 4.26. The van der Waals surface area contributed by atoms with Crippen molar-refractivity contribution in [2.45, 2.75) is 26.4 Å². The zero-order chi connectivity index (χ0) is 14.7. The van der Waals surface area contributed by atoms with E-state index in [1.54, 1.807) is 6.08 Å². The summed E-state index contributed by atoms with van der Waals surface area (Å²) in [6, 6.07) is 0. The van der Waals surface area contributed by atoms with Gasteiger partial charge >= 0.3 is 0 Å². The minimum atomic E-state index is -0.604. The minimum absolute atomic E-state index is 0.00542. The number of rotatable bonds is 8. The molecule has 0 saturated carbocycles. The molecule has 0 fully saturated rings. The Labute approximate surface area is 116 Å². The van der Waals surface area contributed by atoms with E-state index in [-0.39, 0.29) is 13.2 Å². The van der Waals surface area contributed by atoms with Crippen molar-refractivity contribution in [1.29, 1.82) is 0 Å². The molecule has 0 bridgehead atoms. The normalized spacial score (nSPS) is 15.9. The summed E-state index contributed by atoms with van der Waals surface area (Å²) in [5.41, 5.74) is 8.18. The highest BCUT2D eigenvalue weighted by molar-refractivity contribution is 5.27. The van der Waals surface area contributed by atoms with E-state index in [0.717, 1.165) is 23.1 Å². The summed E-state index contributed by atoms with van der Waals surface area (Å²) in [6.45, 7) is 7.72. The maximum atomic E-state index is 9.62. The SMILES string of the molecule is C=C/C(=C\C=C(/C)C/C=C\C(=C/C)C(O)CN)CO. The Kier molecular flexibility index (Phi) is 9.71. The Hall–Kier alpha value is -1.42. The first-order valence-electron chi connectivity index (χ1n) is 6.39. The van der Waals surface area contributed by atoms with Gasteiger partial charge in [0.2, 0.25) is 0 Å². The van der Waals surface area contributed by atoms with Gasteiger partial charge in [0.1, 0.15) is 0 Å². The zero-order valence-corrected chi connectivity index (χ0v) is 11.8. The topological polar surface area (TPSA) is 66.5 Å². The fraction of sp³-hybridized carbons (Fsp3) is 0.375. The lowest BCUT2D eigenvalue weighted by molar-refractivity contribution is 0.222. The number of nitrogens with two attached hydrogens (primary N) is 1. The molecule has 3 heteroatoms. The predicted molar refractivity (Wildman–Crippen MR) is 81.7 cm³/mol. The Bertz CT molecular complexity index is 390. The van der Waals surface area contributed by atoms with Gasteiger partial charge < -0.3 is 15.9 Å². The van der Waals surface area contributed by atoms with Crippen LogP contribution < -0.4 is 5.73 Å². The molecule has 0 saturated heterocycles. The van der Waals surface area contributed by atoms with Crippen LogP contribution in [0.15, 0.2) is 59.8 Å². The second-order valence-corrected chi connectivity index (χ2v) is 4.26. The van der Waals surface area contributed by atoms with E-state index in [1.807, 2.05) is 44.2 Å². The van der Waals surface area contributed by atoms with Crippen LogP contribution in [0.25, 0.3) is 0 Å². The summed E-state index contributed by atoms with van der Waals surface area (Å²) >= 11 is 0. The molecule has 0 spiro atoms. The van der Waals surface area contributed by atoms with Gasteiger partial charge in [0.05, 0.1) is 12.7 Å². The molecular formula is C16H25NO2. The summed E-state index contributed by atoms with van der Waals surface area (Å²) in [6.07, 6.45) is 11.3. The van der Waals surface area contributed by atoms with Crippen LogP contribution in [0.3, 0.4) is 0 Å². The number of hydrogen-bond donors (Lipinski definition) is 3. The van der Waals surface area contributed by atoms with Crippen molar-refractivity contribution in [2.75, 3.05) is 13.2 Å². The standard InChI is InChI=1S/C16H25NO2/c1-4-14(12-18)10-9-13(3)7-6-8-15(5-2)16(19)11-17/h4-6,8-10,16,18-19H,1,7,11-12,17H2,2-3H3/b8-6-,13-9+,14-10+,15-5+. The maximum absolute atomic E-state index is 9.62. The average Bonchev–Trinajstić information content (AvgIpc) is 2.43. The lowest BCUT2D eigenvalue weighted by Crippen LogP contribution is -2.20. The molecule has 0 aliphatic heterocycles. The zero-order valence-electron chi connectivity index (χ0n) is 11.8. The molecule has 0 aliphatic rings. The van der Waals surface area contributed by atoms with Crippen LogP contribution in [0.4, 0.5) is 0 Å². The van der Waals surface area contributed by atoms with E-state index in [1.165, 1.54) is 0 Å². The lowest BCUT2D eigenvalue weighted by Gasteiger charge is -2.07. The van der Waals surface area contributed by atoms with Gasteiger partial charge in [-0.05, 0) is 31.4 Å². The van der Waals surface area contributed by atoms with Crippen molar-refractivity contribution >= 4 is 0 Å². The van der Waals surface area contributed by atoms with Gasteiger partial charge in [-0.3, -0.25) is 0 Å². The quantitative estimate of drug-likeness (QED) is 0.588. The number of hydrogen-bond acceptors (Lipinski definition) is 3. The first-order chi connectivity index (χ1) is 9.08. The molecule has 0 aromatic carbocycles. The fourth-order valence-corrected chi connectivity index (χ4v) is 1.42. The predicted octanol–water partition coefficient (Wildman–Crippen LogP) is 2.25. The van der Waals surface area contributed by atoms with E-state index in [0.29, 0.717) is 0 Å². The lowest BCUT2D eigenvalue weighted by atomic mass is 10.1. The molecule has 1 unspecified atom stereocenters. The Morgan fingerprint density at radius 3 is 2.53 bits per heavy atom. The van der Waals surface area contributed by atoms with E-state index in [4.69, 9.17) is 10.8 Å². The van der Waals surface area contributed by atoms with Gasteiger partial charge in [-0.15, -0.1) is 0 Å². The number of allylic oxidation sites excluding steroid dienone is 5. The van der Waals surface area contributed by atoms with Crippen molar-refractivity contribution in [1.82, 2.24) is 0 Å². The highest BCUT2D eigenvalue weighted by atomic mass is 16.3. The highest BCUT2D eigenvalue weighted by Crippen LogP contribution is 2.08. The first-order valence-corrected chi connectivity index (χ1v) is 6.39. The van der Waals surface area contributed by atoms with E-state index >= 15 is 0 Å². The molecule has 1 atom stereocenters. The van der Waals surface area contributed by atoms with Gasteiger partial charge in [-0.2, -0.15) is 0 Å². The van der Waals surface area contributed by atoms with Gasteiger partial charge in [-0.1, -0.05) is 48.6 Å². The number of aliphatic hydroxyl groups is 2. The molecule has 0 radical (unpaired) electrons. The van der Waals surface area contributed by atoms with Gasteiger partial charge in [0.15, 0.2) is 0 Å². The third-order valence-electron chi connectivity index (χ3n) is 2.72. The van der Waals surface area contributed by atoms with Gasteiger partial charge in [-0.25, -0.2) is 0 Å². The third-order valence-corrected chi connectivity index (χ3v) is 2.72. The van der Waals surface area contributed by atoms with Crippen LogP contribution >= 0.6 is 0 Å². The summed E-state index contributed by atoms with van der Waals surface area (Å²) in [4.78, 5) is 0. The molecule has 0 heterocycles. The molecule has 0 amide bonds. The molecule has 106 valence electrons. The van der Waals surface area contributed by atoms with Gasteiger partial charge in [0.25, 0.3) is 0 Å². The molecular weight excluding hydrogens is 238 g/mol. The van der Waals surface area contributed by atoms with Crippen LogP contribution in [-0.2, 0) is 0 Å². The molecule has 0 aromatic heterocycles. The maximum Gasteiger partial charge on any atom is 0.0908 e. The smallest absolute Gasteiger partial charge is 0.0908 e. The molecule has 0 rings (SSSR count). The summed E-state index contributed by atoms with van der Waals surface area (Å²) < 4.78 is 0. The highest BCUT2D eigenvalue weighted by Gasteiger charge is 2.03. The van der Waals surface area contributed by atoms with E-state index in [2.05, 4.69) is 6.58 Å². The Balaban J connectivity index is 4.51. The number of aliphatic hydroxyl groups excluding tert-OH is 2. The Morgan fingerprint density at radius 2 is 2.05 bits per heavy atom. The second kappa shape index (κ2) is 10.5. The van der Waals surface area contributed by atoms with Crippen LogP contribution in [0.5, 0.6) is 0 Å². The van der Waals surface area contributed by atoms with Crippen molar-refractivity contribution in [3.63, 3.8) is 0 Å². The van der Waals surface area contributed by atoms with Gasteiger partial charge in [0, 0.05) is 6.54 Å². The summed E-state index contributed by atoms with van der Waals surface area (Å²) in [5, 5.41) is 18.6. The summed E-state index contributed by atoms with van der Waals surface area (Å²) in [5.74, 6) is 0. The van der Waals surface area contributed by atoms with Crippen LogP contribution in [0.1, 0.15) is 20.3 Å². The van der Waals surface area contributed by atoms with Crippen molar-refractivity contribution in [3.8, 4) is 0 Å². The Morgan fingerprint density at radius 1 is 1.37 bits per heavy atom. The third kappa shape index (κ3) is 7.57. The van der Waals surface area contributed by atoms with Crippen molar-refractivity contribution < 1.29 is 10.2 Å². The van der Waals surface area contributed by atoms with Crippen LogP contribution in [0.2, 0.25) is 0 Å². The molecule has 19 heavy (non-hydrogen) atoms. The molecule has 4 N–H and O–H groups in total. The van der Waals surface area contributed by atoms with Crippen molar-refractivity contribution in [3.05, 3.63) is 59.8 Å². The summed E-state index contributed by atoms with van der Waals surface area (Å²) in [7, 11) is 0. The average molecular weight is 263 g/mol. The molecule has 0 aliphatic carbocycles.